The predicted molar refractivity (Wildman–Crippen MR) is 101 cm³/mol. The fraction of sp³-hybridized carbons (Fsp3) is 0.368. The van der Waals surface area contributed by atoms with Crippen LogP contribution < -0.4 is 0 Å². The van der Waals surface area contributed by atoms with E-state index in [1.807, 2.05) is 17.6 Å². The molecule has 1 saturated heterocycles. The number of aryl methyl sites for hydroxylation is 1. The second-order valence-corrected chi connectivity index (χ2v) is 8.89. The van der Waals surface area contributed by atoms with Gasteiger partial charge in [0, 0.05) is 31.7 Å². The molecule has 0 aliphatic carbocycles. The van der Waals surface area contributed by atoms with Crippen molar-refractivity contribution in [1.29, 1.82) is 0 Å². The van der Waals surface area contributed by atoms with Crippen LogP contribution in [0.2, 0.25) is 0 Å². The number of nitrogens with zero attached hydrogens (tertiary/aromatic N) is 4. The van der Waals surface area contributed by atoms with E-state index < -0.39 is 21.8 Å². The summed E-state index contributed by atoms with van der Waals surface area (Å²) in [4.78, 5) is 8.66. The fourth-order valence-electron chi connectivity index (χ4n) is 3.75. The van der Waals surface area contributed by atoms with Gasteiger partial charge in [-0.25, -0.2) is 13.4 Å². The molecule has 1 aliphatic heterocycles. The summed E-state index contributed by atoms with van der Waals surface area (Å²) in [5.41, 5.74) is 0.830. The normalized spacial score (nSPS) is 18.6. The van der Waals surface area contributed by atoms with Crippen LogP contribution in [-0.4, -0.2) is 40.3 Å². The van der Waals surface area contributed by atoms with Crippen molar-refractivity contribution in [2.75, 3.05) is 13.1 Å². The first-order valence-electron chi connectivity index (χ1n) is 9.19. The van der Waals surface area contributed by atoms with Crippen molar-refractivity contribution in [3.05, 3.63) is 54.1 Å². The van der Waals surface area contributed by atoms with Crippen LogP contribution >= 0.6 is 0 Å². The highest BCUT2D eigenvalue weighted by Crippen LogP contribution is 2.34. The number of alkyl halides is 3. The molecule has 0 bridgehead atoms. The molecule has 3 heterocycles. The summed E-state index contributed by atoms with van der Waals surface area (Å²) in [6.07, 6.45) is -0.512. The lowest BCUT2D eigenvalue weighted by molar-refractivity contribution is -0.137. The maximum Gasteiger partial charge on any atom is 0.416 e. The maximum absolute atomic E-state index is 12.9. The Hall–Kier alpha value is -2.46. The standard InChI is InChI=1S/C19H19F3N4O2S/c1-2-26-17-11-23-9-7-16(17)24-18(26)13-8-10-25(12-13)29(27,28)15-5-3-14(4-6-15)19(20,21)22/h3-7,9,11,13H,2,8,10,12H2,1H3. The number of hydrogen-bond acceptors (Lipinski definition) is 4. The summed E-state index contributed by atoms with van der Waals surface area (Å²) in [6.45, 7) is 3.20. The summed E-state index contributed by atoms with van der Waals surface area (Å²) in [6, 6.07) is 5.43. The lowest BCUT2D eigenvalue weighted by Crippen LogP contribution is -2.29. The fourth-order valence-corrected chi connectivity index (χ4v) is 5.25. The van der Waals surface area contributed by atoms with Crippen LogP contribution in [0.3, 0.4) is 0 Å². The van der Waals surface area contributed by atoms with E-state index in [0.29, 0.717) is 19.5 Å². The summed E-state index contributed by atoms with van der Waals surface area (Å²) in [7, 11) is -3.87. The molecule has 1 fully saturated rings. The Bertz CT molecular complexity index is 1140. The van der Waals surface area contributed by atoms with E-state index in [1.165, 1.54) is 4.31 Å². The number of aromatic nitrogens is 3. The Balaban J connectivity index is 1.60. The molecule has 0 N–H and O–H groups in total. The van der Waals surface area contributed by atoms with Gasteiger partial charge in [-0.3, -0.25) is 4.98 Å². The first kappa shape index (κ1) is 19.8. The zero-order valence-corrected chi connectivity index (χ0v) is 16.4. The second kappa shape index (κ2) is 7.10. The molecule has 0 saturated carbocycles. The average Bonchev–Trinajstić information content (AvgIpc) is 3.32. The van der Waals surface area contributed by atoms with Gasteiger partial charge in [0.25, 0.3) is 0 Å². The summed E-state index contributed by atoms with van der Waals surface area (Å²) in [5.74, 6) is 0.715. The third kappa shape index (κ3) is 3.51. The van der Waals surface area contributed by atoms with Gasteiger partial charge in [0.05, 0.1) is 27.7 Å². The number of pyridine rings is 1. The molecule has 1 unspecified atom stereocenters. The molecule has 29 heavy (non-hydrogen) atoms. The van der Waals surface area contributed by atoms with E-state index in [9.17, 15) is 21.6 Å². The number of hydrogen-bond donors (Lipinski definition) is 0. The summed E-state index contributed by atoms with van der Waals surface area (Å²) >= 11 is 0. The molecule has 4 rings (SSSR count). The minimum Gasteiger partial charge on any atom is -0.327 e. The van der Waals surface area contributed by atoms with Crippen molar-refractivity contribution < 1.29 is 21.6 Å². The van der Waals surface area contributed by atoms with E-state index >= 15 is 0 Å². The van der Waals surface area contributed by atoms with Gasteiger partial charge in [0.2, 0.25) is 10.0 Å². The number of rotatable bonds is 4. The summed E-state index contributed by atoms with van der Waals surface area (Å²) in [5, 5.41) is 0. The molecule has 0 radical (unpaired) electrons. The van der Waals surface area contributed by atoms with Gasteiger partial charge in [-0.1, -0.05) is 0 Å². The molecule has 1 aliphatic rings. The number of fused-ring (bicyclic) bond motifs is 1. The van der Waals surface area contributed by atoms with Crippen LogP contribution in [0.5, 0.6) is 0 Å². The number of benzene rings is 1. The van der Waals surface area contributed by atoms with Gasteiger partial charge >= 0.3 is 6.18 Å². The van der Waals surface area contributed by atoms with E-state index in [-0.39, 0.29) is 17.4 Å². The SMILES string of the molecule is CCn1c(C2CCN(S(=O)(=O)c3ccc(C(F)(F)F)cc3)C2)nc2ccncc21. The zero-order chi connectivity index (χ0) is 20.8. The second-order valence-electron chi connectivity index (χ2n) is 6.95. The molecule has 1 aromatic carbocycles. The average molecular weight is 424 g/mol. The van der Waals surface area contributed by atoms with Crippen molar-refractivity contribution in [3.63, 3.8) is 0 Å². The van der Waals surface area contributed by atoms with Gasteiger partial charge in [-0.2, -0.15) is 17.5 Å². The molecular weight excluding hydrogens is 405 g/mol. The molecule has 3 aromatic rings. The van der Waals surface area contributed by atoms with Crippen molar-refractivity contribution in [3.8, 4) is 0 Å². The topological polar surface area (TPSA) is 68.1 Å². The molecule has 0 spiro atoms. The number of sulfonamides is 1. The Morgan fingerprint density at radius 2 is 1.90 bits per heavy atom. The molecule has 154 valence electrons. The van der Waals surface area contributed by atoms with Gasteiger partial charge in [0.1, 0.15) is 5.82 Å². The first-order valence-corrected chi connectivity index (χ1v) is 10.6. The number of halogens is 3. The third-order valence-electron chi connectivity index (χ3n) is 5.23. The van der Waals surface area contributed by atoms with Crippen LogP contribution in [-0.2, 0) is 22.7 Å². The first-order chi connectivity index (χ1) is 13.7. The van der Waals surface area contributed by atoms with Crippen molar-refractivity contribution in [2.45, 2.75) is 36.9 Å². The Morgan fingerprint density at radius 3 is 2.55 bits per heavy atom. The van der Waals surface area contributed by atoms with Crippen LogP contribution in [0.25, 0.3) is 11.0 Å². The van der Waals surface area contributed by atoms with Gasteiger partial charge in [-0.05, 0) is 43.7 Å². The highest BCUT2D eigenvalue weighted by atomic mass is 32.2. The zero-order valence-electron chi connectivity index (χ0n) is 15.6. The van der Waals surface area contributed by atoms with Crippen molar-refractivity contribution in [2.24, 2.45) is 0 Å². The highest BCUT2D eigenvalue weighted by Gasteiger charge is 2.36. The maximum atomic E-state index is 12.9. The lowest BCUT2D eigenvalue weighted by atomic mass is 10.1. The lowest BCUT2D eigenvalue weighted by Gasteiger charge is -2.17. The van der Waals surface area contributed by atoms with E-state index in [2.05, 4.69) is 9.97 Å². The molecule has 6 nitrogen and oxygen atoms in total. The molecular formula is C19H19F3N4O2S. The largest absolute Gasteiger partial charge is 0.416 e. The minimum atomic E-state index is -4.50. The molecule has 10 heteroatoms. The number of imidazole rings is 1. The van der Waals surface area contributed by atoms with Crippen molar-refractivity contribution >= 4 is 21.1 Å². The van der Waals surface area contributed by atoms with Crippen molar-refractivity contribution in [1.82, 2.24) is 18.8 Å². The van der Waals surface area contributed by atoms with Crippen LogP contribution in [0.1, 0.15) is 30.7 Å². The quantitative estimate of drug-likeness (QED) is 0.641. The van der Waals surface area contributed by atoms with Crippen LogP contribution in [0, 0.1) is 0 Å². The van der Waals surface area contributed by atoms with Gasteiger partial charge < -0.3 is 4.57 Å². The van der Waals surface area contributed by atoms with Gasteiger partial charge in [0.15, 0.2) is 0 Å². The highest BCUT2D eigenvalue weighted by molar-refractivity contribution is 7.89. The molecule has 2 aromatic heterocycles. The van der Waals surface area contributed by atoms with E-state index in [1.54, 1.807) is 12.4 Å². The Morgan fingerprint density at radius 1 is 1.17 bits per heavy atom. The molecule has 1 atom stereocenters. The van der Waals surface area contributed by atoms with Crippen LogP contribution in [0.4, 0.5) is 13.2 Å². The Kier molecular flexibility index (Phi) is 4.86. The smallest absolute Gasteiger partial charge is 0.327 e. The molecule has 0 amide bonds. The van der Waals surface area contributed by atoms with Crippen LogP contribution in [0.15, 0.2) is 47.6 Å². The van der Waals surface area contributed by atoms with E-state index in [4.69, 9.17) is 0 Å². The third-order valence-corrected chi connectivity index (χ3v) is 7.11. The minimum absolute atomic E-state index is 0.0911. The predicted octanol–water partition coefficient (Wildman–Crippen LogP) is 3.65. The van der Waals surface area contributed by atoms with E-state index in [0.717, 1.165) is 41.1 Å². The monoisotopic (exact) mass is 424 g/mol. The van der Waals surface area contributed by atoms with Gasteiger partial charge in [-0.15, -0.1) is 0 Å². The summed E-state index contributed by atoms with van der Waals surface area (Å²) < 4.78 is 67.4. The Labute approximate surface area is 166 Å².